The highest BCUT2D eigenvalue weighted by Crippen LogP contribution is 2.40. The fourth-order valence-corrected chi connectivity index (χ4v) is 5.09. The topological polar surface area (TPSA) is 77.2 Å². The molecule has 0 radical (unpaired) electrons. The van der Waals surface area contributed by atoms with E-state index in [1.54, 1.807) is 42.4 Å². The standard InChI is InChI=1S/C23H22F2N4O3S/c1-13(28-12-26-23(32)27(28)3)17-10-18(24)16(9-19(17)25)11-29-14(2)20(30)21(31)22(33-29)15-7-5-4-6-8-15/h4-10,12-14,22H,11H2,1-3H3/t13?,14-,22+/m0/s1. The summed E-state index contributed by atoms with van der Waals surface area (Å²) in [7, 11) is 1.49. The van der Waals surface area contributed by atoms with Gasteiger partial charge in [-0.2, -0.15) is 4.98 Å². The number of halogens is 2. The van der Waals surface area contributed by atoms with Crippen LogP contribution in [0, 0.1) is 11.6 Å². The van der Waals surface area contributed by atoms with E-state index in [1.165, 1.54) is 22.7 Å². The van der Waals surface area contributed by atoms with Crippen molar-refractivity contribution < 1.29 is 18.4 Å². The lowest BCUT2D eigenvalue weighted by atomic mass is 10.0. The summed E-state index contributed by atoms with van der Waals surface area (Å²) in [5, 5.41) is -0.732. The van der Waals surface area contributed by atoms with Crippen molar-refractivity contribution in [2.45, 2.75) is 37.7 Å². The first kappa shape index (κ1) is 23.1. The number of carbonyl (C=O) groups excluding carboxylic acids is 2. The molecule has 1 unspecified atom stereocenters. The normalized spacial score (nSPS) is 20.3. The van der Waals surface area contributed by atoms with Crippen LogP contribution in [0.1, 0.15) is 41.8 Å². The Hall–Kier alpha value is -3.11. The van der Waals surface area contributed by atoms with Gasteiger partial charge in [0, 0.05) is 24.7 Å². The maximum absolute atomic E-state index is 15.0. The van der Waals surface area contributed by atoms with Gasteiger partial charge in [-0.3, -0.25) is 14.3 Å². The monoisotopic (exact) mass is 472 g/mol. The number of carbonyl (C=O) groups is 2. The lowest BCUT2D eigenvalue weighted by Gasteiger charge is -2.35. The average Bonchev–Trinajstić information content (AvgIpc) is 3.14. The lowest BCUT2D eigenvalue weighted by molar-refractivity contribution is -0.139. The van der Waals surface area contributed by atoms with Gasteiger partial charge in [-0.15, -0.1) is 0 Å². The van der Waals surface area contributed by atoms with Crippen LogP contribution in [0.25, 0.3) is 0 Å². The van der Waals surface area contributed by atoms with Crippen LogP contribution in [0.5, 0.6) is 0 Å². The maximum Gasteiger partial charge on any atom is 0.363 e. The van der Waals surface area contributed by atoms with Crippen molar-refractivity contribution in [2.75, 3.05) is 0 Å². The molecule has 172 valence electrons. The smallest absolute Gasteiger partial charge is 0.289 e. The second-order valence-electron chi connectivity index (χ2n) is 7.95. The van der Waals surface area contributed by atoms with Crippen LogP contribution in [0.15, 0.2) is 53.6 Å². The van der Waals surface area contributed by atoms with E-state index in [2.05, 4.69) is 4.98 Å². The number of hydrogen-bond acceptors (Lipinski definition) is 6. The van der Waals surface area contributed by atoms with Gasteiger partial charge in [0.05, 0.1) is 12.1 Å². The fraction of sp³-hybridized carbons (Fsp3) is 0.304. The molecule has 0 aliphatic carbocycles. The summed E-state index contributed by atoms with van der Waals surface area (Å²) >= 11 is 1.15. The molecule has 3 atom stereocenters. The summed E-state index contributed by atoms with van der Waals surface area (Å²) in [5.41, 5.74) is 0.315. The van der Waals surface area contributed by atoms with Gasteiger partial charge in [0.2, 0.25) is 11.6 Å². The van der Waals surface area contributed by atoms with Crippen LogP contribution < -0.4 is 5.69 Å². The second kappa shape index (κ2) is 9.03. The molecule has 33 heavy (non-hydrogen) atoms. The van der Waals surface area contributed by atoms with Gasteiger partial charge in [-0.05, 0) is 31.5 Å². The number of rotatable bonds is 5. The number of hydrogen-bond donors (Lipinski definition) is 0. The zero-order valence-corrected chi connectivity index (χ0v) is 19.1. The predicted octanol–water partition coefficient (Wildman–Crippen LogP) is 3.20. The van der Waals surface area contributed by atoms with Crippen LogP contribution in [-0.2, 0) is 23.2 Å². The van der Waals surface area contributed by atoms with E-state index in [0.717, 1.165) is 24.1 Å². The lowest BCUT2D eigenvalue weighted by Crippen LogP contribution is -2.45. The van der Waals surface area contributed by atoms with Crippen LogP contribution >= 0.6 is 11.9 Å². The number of benzene rings is 2. The Morgan fingerprint density at radius 1 is 1.06 bits per heavy atom. The van der Waals surface area contributed by atoms with Crippen molar-refractivity contribution >= 4 is 23.5 Å². The number of nitrogens with zero attached hydrogens (tertiary/aromatic N) is 4. The molecule has 0 bridgehead atoms. The van der Waals surface area contributed by atoms with Gasteiger partial charge in [-0.25, -0.2) is 22.6 Å². The minimum Gasteiger partial charge on any atom is -0.289 e. The second-order valence-corrected chi connectivity index (χ2v) is 9.10. The summed E-state index contributed by atoms with van der Waals surface area (Å²) in [4.78, 5) is 40.4. The quantitative estimate of drug-likeness (QED) is 0.419. The van der Waals surface area contributed by atoms with Crippen molar-refractivity contribution in [1.82, 2.24) is 18.7 Å². The van der Waals surface area contributed by atoms with Gasteiger partial charge in [0.1, 0.15) is 23.2 Å². The number of Topliss-reactive ketones (excluding diaryl/α,β-unsaturated/α-hetero) is 2. The van der Waals surface area contributed by atoms with E-state index < -0.39 is 46.2 Å². The zero-order chi connectivity index (χ0) is 23.9. The third kappa shape index (κ3) is 4.28. The first-order valence-corrected chi connectivity index (χ1v) is 11.2. The first-order valence-electron chi connectivity index (χ1n) is 10.3. The average molecular weight is 473 g/mol. The third-order valence-electron chi connectivity index (χ3n) is 5.88. The van der Waals surface area contributed by atoms with Crippen LogP contribution in [0.4, 0.5) is 8.78 Å². The van der Waals surface area contributed by atoms with Crippen molar-refractivity contribution in [3.8, 4) is 0 Å². The Balaban J connectivity index is 1.61. The van der Waals surface area contributed by atoms with E-state index in [9.17, 15) is 14.4 Å². The molecule has 0 N–H and O–H groups in total. The Kier molecular flexibility index (Phi) is 6.31. The van der Waals surface area contributed by atoms with Crippen molar-refractivity contribution in [2.24, 2.45) is 7.05 Å². The van der Waals surface area contributed by atoms with Crippen LogP contribution in [-0.4, -0.2) is 36.3 Å². The molecule has 7 nitrogen and oxygen atoms in total. The van der Waals surface area contributed by atoms with Gasteiger partial charge < -0.3 is 0 Å². The summed E-state index contributed by atoms with van der Waals surface area (Å²) < 4.78 is 34.3. The highest BCUT2D eigenvalue weighted by Gasteiger charge is 2.41. The van der Waals surface area contributed by atoms with Gasteiger partial charge in [0.25, 0.3) is 0 Å². The Labute approximate surface area is 193 Å². The SMILES string of the molecule is CC(c1cc(F)c(CN2S[C@H](c3ccccc3)C(=O)C(=O)[C@@H]2C)cc1F)n1cnc(=O)n1C. The molecule has 2 aromatic carbocycles. The molecule has 10 heteroatoms. The van der Waals surface area contributed by atoms with Gasteiger partial charge >= 0.3 is 5.69 Å². The van der Waals surface area contributed by atoms with Crippen molar-refractivity contribution in [3.05, 3.63) is 87.6 Å². The molecule has 0 amide bonds. The van der Waals surface area contributed by atoms with Gasteiger partial charge in [-0.1, -0.05) is 42.3 Å². The molecule has 1 aliphatic heterocycles. The number of aromatic nitrogens is 3. The third-order valence-corrected chi connectivity index (χ3v) is 7.30. The highest BCUT2D eigenvalue weighted by molar-refractivity contribution is 7.98. The Morgan fingerprint density at radius 2 is 1.76 bits per heavy atom. The molecule has 1 fully saturated rings. The zero-order valence-electron chi connectivity index (χ0n) is 18.2. The van der Waals surface area contributed by atoms with E-state index in [-0.39, 0.29) is 17.7 Å². The first-order chi connectivity index (χ1) is 15.7. The maximum atomic E-state index is 15.0. The minimum absolute atomic E-state index is 0.0604. The summed E-state index contributed by atoms with van der Waals surface area (Å²) in [6.45, 7) is 3.16. The van der Waals surface area contributed by atoms with Crippen molar-refractivity contribution in [3.63, 3.8) is 0 Å². The Morgan fingerprint density at radius 3 is 2.39 bits per heavy atom. The molecular formula is C23H22F2N4O3S. The Bertz CT molecular complexity index is 1270. The molecule has 4 rings (SSSR count). The molecular weight excluding hydrogens is 450 g/mol. The van der Waals surface area contributed by atoms with Gasteiger partial charge in [0.15, 0.2) is 0 Å². The molecule has 2 heterocycles. The molecule has 1 saturated heterocycles. The predicted molar refractivity (Wildman–Crippen MR) is 119 cm³/mol. The molecule has 1 aromatic heterocycles. The van der Waals surface area contributed by atoms with Crippen LogP contribution in [0.2, 0.25) is 0 Å². The summed E-state index contributed by atoms with van der Waals surface area (Å²) in [6.07, 6.45) is 1.27. The largest absolute Gasteiger partial charge is 0.363 e. The fourth-order valence-electron chi connectivity index (χ4n) is 3.84. The molecule has 1 aliphatic rings. The molecule has 3 aromatic rings. The summed E-state index contributed by atoms with van der Waals surface area (Å²) in [6, 6.07) is 9.65. The minimum atomic E-state index is -0.774. The molecule has 0 saturated carbocycles. The van der Waals surface area contributed by atoms with E-state index in [1.807, 2.05) is 6.07 Å². The number of ketones is 2. The summed E-state index contributed by atoms with van der Waals surface area (Å²) in [5.74, 6) is -2.35. The molecule has 0 spiro atoms. The van der Waals surface area contributed by atoms with Crippen molar-refractivity contribution in [1.29, 1.82) is 0 Å². The highest BCUT2D eigenvalue weighted by atomic mass is 32.2. The van der Waals surface area contributed by atoms with E-state index in [0.29, 0.717) is 5.56 Å². The van der Waals surface area contributed by atoms with E-state index >= 15 is 8.78 Å². The van der Waals surface area contributed by atoms with Crippen LogP contribution in [0.3, 0.4) is 0 Å². The van der Waals surface area contributed by atoms with E-state index in [4.69, 9.17) is 0 Å².